The summed E-state index contributed by atoms with van der Waals surface area (Å²) in [6.45, 7) is 2.58. The van der Waals surface area contributed by atoms with Crippen molar-refractivity contribution in [2.45, 2.75) is 31.1 Å². The normalized spacial score (nSPS) is 14.0. The molecule has 11 heteroatoms. The summed E-state index contributed by atoms with van der Waals surface area (Å²) >= 11 is 0. The maximum absolute atomic E-state index is 13.4. The Morgan fingerprint density at radius 3 is 2.00 bits per heavy atom. The van der Waals surface area contributed by atoms with Gasteiger partial charge in [0.2, 0.25) is 0 Å². The highest BCUT2D eigenvalue weighted by molar-refractivity contribution is 7.87. The van der Waals surface area contributed by atoms with Gasteiger partial charge in [-0.1, -0.05) is 12.1 Å². The lowest BCUT2D eigenvalue weighted by atomic mass is 10.1. The second-order valence-corrected chi connectivity index (χ2v) is 5.92. The molecule has 0 aliphatic heterocycles. The number of halogens is 6. The van der Waals surface area contributed by atoms with Gasteiger partial charge in [0.25, 0.3) is 0 Å². The minimum Gasteiger partial charge on any atom is -0.428 e. The van der Waals surface area contributed by atoms with Gasteiger partial charge in [0, 0.05) is 0 Å². The Balaban J connectivity index is 3.31. The van der Waals surface area contributed by atoms with E-state index in [1.807, 2.05) is 0 Å². The zero-order valence-corrected chi connectivity index (χ0v) is 11.9. The zero-order valence-electron chi connectivity index (χ0n) is 11.1. The number of rotatable bonds is 5. The van der Waals surface area contributed by atoms with E-state index in [2.05, 4.69) is 4.74 Å². The molecule has 0 saturated heterocycles. The summed E-state index contributed by atoms with van der Waals surface area (Å²) in [5.74, 6) is -7.35. The summed E-state index contributed by atoms with van der Waals surface area (Å²) in [5, 5.41) is -6.44. The van der Waals surface area contributed by atoms with Gasteiger partial charge in [-0.25, -0.2) is 0 Å². The maximum Gasteiger partial charge on any atom is 0.472 e. The van der Waals surface area contributed by atoms with Crippen LogP contribution in [-0.4, -0.2) is 30.3 Å². The molecule has 1 aromatic rings. The largest absolute Gasteiger partial charge is 0.472 e. The average molecular weight is 352 g/mol. The van der Waals surface area contributed by atoms with Crippen LogP contribution in [-0.2, 0) is 10.1 Å². The molecule has 0 aromatic heterocycles. The number of aryl methyl sites for hydroxylation is 2. The quantitative estimate of drug-likeness (QED) is 0.652. The molecular weight excluding hydrogens is 342 g/mol. The first-order valence-electron chi connectivity index (χ1n) is 5.50. The summed E-state index contributed by atoms with van der Waals surface area (Å²) in [6.07, 6.45) is -5.90. The average Bonchev–Trinajstić information content (AvgIpc) is 2.31. The first-order valence-corrected chi connectivity index (χ1v) is 6.94. The summed E-state index contributed by atoms with van der Waals surface area (Å²) in [7, 11) is -6.80. The van der Waals surface area contributed by atoms with Gasteiger partial charge in [0.1, 0.15) is 5.75 Å². The van der Waals surface area contributed by atoms with Gasteiger partial charge in [-0.2, -0.15) is 34.8 Å². The predicted octanol–water partition coefficient (Wildman–Crippen LogP) is 3.39. The number of benzene rings is 1. The number of hydrogen-bond donors (Lipinski definition) is 1. The molecule has 0 heterocycles. The van der Waals surface area contributed by atoms with Crippen molar-refractivity contribution in [1.82, 2.24) is 0 Å². The molecule has 22 heavy (non-hydrogen) atoms. The lowest BCUT2D eigenvalue weighted by Gasteiger charge is -2.30. The van der Waals surface area contributed by atoms with Crippen LogP contribution in [0.2, 0.25) is 0 Å². The van der Waals surface area contributed by atoms with E-state index in [0.717, 1.165) is 6.07 Å². The molecule has 0 aliphatic rings. The molecule has 0 fully saturated rings. The summed E-state index contributed by atoms with van der Waals surface area (Å²) in [4.78, 5) is 0. The first kappa shape index (κ1) is 18.6. The molecule has 1 rings (SSSR count). The van der Waals surface area contributed by atoms with Crippen LogP contribution in [0.5, 0.6) is 5.75 Å². The molecule has 0 unspecified atom stereocenters. The van der Waals surface area contributed by atoms with Crippen molar-refractivity contribution in [3.63, 3.8) is 0 Å². The standard InChI is InChI=1S/C11H10F6O4S/c1-6-3-4-7(2)8(5-6)21-10(14,15)9(12,13)11(16,17)22(18,19)20/h3-5H,1-2H3,(H,18,19,20). The Bertz CT molecular complexity index is 671. The van der Waals surface area contributed by atoms with E-state index in [1.54, 1.807) is 0 Å². The van der Waals surface area contributed by atoms with Gasteiger partial charge in [0.15, 0.2) is 0 Å². The summed E-state index contributed by atoms with van der Waals surface area (Å²) in [6, 6.07) is 3.51. The van der Waals surface area contributed by atoms with Crippen LogP contribution in [0.4, 0.5) is 26.3 Å². The van der Waals surface area contributed by atoms with Crippen molar-refractivity contribution >= 4 is 10.1 Å². The van der Waals surface area contributed by atoms with E-state index in [4.69, 9.17) is 4.55 Å². The van der Waals surface area contributed by atoms with Crippen LogP contribution in [0.3, 0.4) is 0 Å². The van der Waals surface area contributed by atoms with E-state index in [-0.39, 0.29) is 5.56 Å². The van der Waals surface area contributed by atoms with Crippen LogP contribution in [0.1, 0.15) is 11.1 Å². The third-order valence-electron chi connectivity index (χ3n) is 2.64. The maximum atomic E-state index is 13.4. The van der Waals surface area contributed by atoms with E-state index in [0.29, 0.717) is 5.56 Å². The lowest BCUT2D eigenvalue weighted by Crippen LogP contribution is -2.60. The monoisotopic (exact) mass is 352 g/mol. The molecule has 0 aliphatic carbocycles. The lowest BCUT2D eigenvalue weighted by molar-refractivity contribution is -0.353. The number of hydrogen-bond acceptors (Lipinski definition) is 3. The Kier molecular flexibility index (Phi) is 4.47. The molecule has 1 N–H and O–H groups in total. The minimum absolute atomic E-state index is 0.0729. The Morgan fingerprint density at radius 2 is 1.55 bits per heavy atom. The fourth-order valence-electron chi connectivity index (χ4n) is 1.35. The summed E-state index contributed by atoms with van der Waals surface area (Å²) in [5.41, 5.74) is 0.234. The topological polar surface area (TPSA) is 63.6 Å². The fourth-order valence-corrected chi connectivity index (χ4v) is 1.79. The van der Waals surface area contributed by atoms with Crippen LogP contribution in [0, 0.1) is 13.8 Å². The van der Waals surface area contributed by atoms with Gasteiger partial charge in [-0.15, -0.1) is 0 Å². The smallest absolute Gasteiger partial charge is 0.428 e. The van der Waals surface area contributed by atoms with Crippen molar-refractivity contribution in [3.05, 3.63) is 29.3 Å². The van der Waals surface area contributed by atoms with Crippen molar-refractivity contribution in [1.29, 1.82) is 0 Å². The Hall–Kier alpha value is -1.49. The van der Waals surface area contributed by atoms with Crippen molar-refractivity contribution < 1.29 is 44.0 Å². The van der Waals surface area contributed by atoms with Crippen LogP contribution in [0.25, 0.3) is 0 Å². The molecule has 126 valence electrons. The van der Waals surface area contributed by atoms with E-state index < -0.39 is 33.2 Å². The zero-order chi connectivity index (χ0) is 17.6. The molecule has 0 spiro atoms. The van der Waals surface area contributed by atoms with Crippen LogP contribution >= 0.6 is 0 Å². The highest BCUT2D eigenvalue weighted by Crippen LogP contribution is 2.49. The van der Waals surface area contributed by atoms with Gasteiger partial charge in [-0.05, 0) is 31.0 Å². The molecule has 0 atom stereocenters. The van der Waals surface area contributed by atoms with Crippen molar-refractivity contribution in [3.8, 4) is 5.75 Å². The highest BCUT2D eigenvalue weighted by atomic mass is 32.2. The molecule has 1 aromatic carbocycles. The van der Waals surface area contributed by atoms with Crippen molar-refractivity contribution in [2.75, 3.05) is 0 Å². The first-order chi connectivity index (χ1) is 9.63. The van der Waals surface area contributed by atoms with E-state index in [1.165, 1.54) is 26.0 Å². The number of ether oxygens (including phenoxy) is 1. The minimum atomic E-state index is -6.80. The van der Waals surface area contributed by atoms with E-state index >= 15 is 0 Å². The van der Waals surface area contributed by atoms with Crippen molar-refractivity contribution in [2.24, 2.45) is 0 Å². The molecule has 0 bridgehead atoms. The number of alkyl halides is 6. The highest BCUT2D eigenvalue weighted by Gasteiger charge is 2.79. The second kappa shape index (κ2) is 5.30. The van der Waals surface area contributed by atoms with Gasteiger partial charge < -0.3 is 4.74 Å². The molecule has 0 amide bonds. The van der Waals surface area contributed by atoms with E-state index in [9.17, 15) is 34.8 Å². The molecular formula is C11H10F6O4S. The molecule has 0 radical (unpaired) electrons. The third kappa shape index (κ3) is 3.00. The SMILES string of the molecule is Cc1ccc(C)c(OC(F)(F)C(F)(F)C(F)(F)S(=O)(=O)O)c1. The summed E-state index contributed by atoms with van der Waals surface area (Å²) < 4.78 is 111. The third-order valence-corrected chi connectivity index (χ3v) is 3.54. The van der Waals surface area contributed by atoms with Gasteiger partial charge in [0.05, 0.1) is 0 Å². The molecule has 0 saturated carbocycles. The fraction of sp³-hybridized carbons (Fsp3) is 0.455. The molecule has 4 nitrogen and oxygen atoms in total. The second-order valence-electron chi connectivity index (χ2n) is 4.45. The van der Waals surface area contributed by atoms with Gasteiger partial charge in [-0.3, -0.25) is 4.55 Å². The Labute approximate surface area is 121 Å². The van der Waals surface area contributed by atoms with Crippen LogP contribution in [0.15, 0.2) is 18.2 Å². The van der Waals surface area contributed by atoms with Crippen LogP contribution < -0.4 is 4.74 Å². The Morgan fingerprint density at radius 1 is 1.05 bits per heavy atom. The predicted molar refractivity (Wildman–Crippen MR) is 62.9 cm³/mol. The van der Waals surface area contributed by atoms with Gasteiger partial charge >= 0.3 is 27.4 Å².